The third-order valence-corrected chi connectivity index (χ3v) is 7.14. The van der Waals surface area contributed by atoms with E-state index < -0.39 is 11.9 Å². The fraction of sp³-hybridized carbons (Fsp3) is 0.207. The Labute approximate surface area is 236 Å². The Hall–Kier alpha value is -3.32. The second-order valence-electron chi connectivity index (χ2n) is 9.28. The van der Waals surface area contributed by atoms with Gasteiger partial charge >= 0.3 is 0 Å². The van der Waals surface area contributed by atoms with E-state index in [1.54, 1.807) is 36.5 Å². The van der Waals surface area contributed by atoms with Gasteiger partial charge in [-0.1, -0.05) is 79.0 Å². The summed E-state index contributed by atoms with van der Waals surface area (Å²) >= 11 is 18.5. The molecule has 1 heterocycles. The van der Waals surface area contributed by atoms with Crippen molar-refractivity contribution in [3.05, 3.63) is 104 Å². The minimum Gasteiger partial charge on any atom is -0.340 e. The average Bonchev–Trinajstić information content (AvgIpc) is 3.14. The fourth-order valence-electron chi connectivity index (χ4n) is 4.26. The first-order valence-corrected chi connectivity index (χ1v) is 13.2. The largest absolute Gasteiger partial charge is 0.340 e. The first-order chi connectivity index (χ1) is 18.2. The molecule has 3 aromatic carbocycles. The SMILES string of the molecule is Cc1c(/C=N\NC(=O)C(NC(=O)c2cccc(Cl)c2)C(C)C)c2ccccc2n1Cc1ccc(Cl)cc1Cl. The molecule has 1 atom stereocenters. The summed E-state index contributed by atoms with van der Waals surface area (Å²) in [5.41, 5.74) is 6.75. The molecule has 9 heteroatoms. The van der Waals surface area contributed by atoms with E-state index in [1.165, 1.54) is 0 Å². The predicted molar refractivity (Wildman–Crippen MR) is 156 cm³/mol. The summed E-state index contributed by atoms with van der Waals surface area (Å²) in [7, 11) is 0. The topological polar surface area (TPSA) is 75.5 Å². The van der Waals surface area contributed by atoms with Gasteiger partial charge in [-0.15, -0.1) is 0 Å². The van der Waals surface area contributed by atoms with Crippen molar-refractivity contribution in [2.75, 3.05) is 0 Å². The summed E-state index contributed by atoms with van der Waals surface area (Å²) in [4.78, 5) is 25.7. The highest BCUT2D eigenvalue weighted by atomic mass is 35.5. The van der Waals surface area contributed by atoms with Crippen molar-refractivity contribution in [1.29, 1.82) is 0 Å². The van der Waals surface area contributed by atoms with Crippen molar-refractivity contribution in [2.24, 2.45) is 11.0 Å². The summed E-state index contributed by atoms with van der Waals surface area (Å²) in [6, 6.07) is 19.2. The number of fused-ring (bicyclic) bond motifs is 1. The third kappa shape index (κ3) is 6.21. The van der Waals surface area contributed by atoms with E-state index in [4.69, 9.17) is 34.8 Å². The number of halogens is 3. The van der Waals surface area contributed by atoms with Gasteiger partial charge in [0.05, 0.1) is 6.21 Å². The lowest BCUT2D eigenvalue weighted by Gasteiger charge is -2.20. The summed E-state index contributed by atoms with van der Waals surface area (Å²) < 4.78 is 2.15. The van der Waals surface area contributed by atoms with E-state index in [9.17, 15) is 9.59 Å². The first-order valence-electron chi connectivity index (χ1n) is 12.1. The minimum atomic E-state index is -0.784. The van der Waals surface area contributed by atoms with Crippen LogP contribution in [0.2, 0.25) is 15.1 Å². The number of benzene rings is 3. The van der Waals surface area contributed by atoms with Crippen LogP contribution in [0.1, 0.15) is 41.0 Å². The van der Waals surface area contributed by atoms with Crippen molar-refractivity contribution < 1.29 is 9.59 Å². The van der Waals surface area contributed by atoms with Crippen LogP contribution >= 0.6 is 34.8 Å². The number of nitrogens with one attached hydrogen (secondary N) is 2. The summed E-state index contributed by atoms with van der Waals surface area (Å²) in [6.07, 6.45) is 1.63. The van der Waals surface area contributed by atoms with Gasteiger partial charge in [0.15, 0.2) is 0 Å². The maximum absolute atomic E-state index is 13.0. The number of carbonyl (C=O) groups is 2. The normalized spacial score (nSPS) is 12.3. The zero-order valence-corrected chi connectivity index (χ0v) is 23.4. The molecule has 2 amide bonds. The Kier molecular flexibility index (Phi) is 8.77. The van der Waals surface area contributed by atoms with Crippen molar-refractivity contribution in [2.45, 2.75) is 33.4 Å². The van der Waals surface area contributed by atoms with Gasteiger partial charge in [-0.2, -0.15) is 5.10 Å². The Bertz CT molecular complexity index is 1530. The van der Waals surface area contributed by atoms with Crippen LogP contribution in [0, 0.1) is 12.8 Å². The average molecular weight is 570 g/mol. The molecule has 0 saturated carbocycles. The minimum absolute atomic E-state index is 0.166. The molecule has 0 radical (unpaired) electrons. The Morgan fingerprint density at radius 1 is 0.974 bits per heavy atom. The number of amides is 2. The van der Waals surface area contributed by atoms with Crippen molar-refractivity contribution in [1.82, 2.24) is 15.3 Å². The molecule has 1 unspecified atom stereocenters. The maximum Gasteiger partial charge on any atom is 0.262 e. The molecule has 4 aromatic rings. The quantitative estimate of drug-likeness (QED) is 0.180. The van der Waals surface area contributed by atoms with Gasteiger partial charge in [0.1, 0.15) is 6.04 Å². The van der Waals surface area contributed by atoms with Crippen LogP contribution in [0.3, 0.4) is 0 Å². The van der Waals surface area contributed by atoms with Crippen LogP contribution in [0.5, 0.6) is 0 Å². The standard InChI is InChI=1S/C29H27Cl3N4O2/c1-17(2)27(34-28(37)19-7-6-8-21(30)13-19)29(38)35-33-15-24-18(3)36(26-10-5-4-9-23(24)26)16-20-11-12-22(31)14-25(20)32/h4-15,17,27H,16H2,1-3H3,(H,34,37)(H,35,38)/b33-15-. The van der Waals surface area contributed by atoms with Gasteiger partial charge in [-0.3, -0.25) is 9.59 Å². The molecule has 0 aliphatic heterocycles. The Morgan fingerprint density at radius 3 is 2.42 bits per heavy atom. The first kappa shape index (κ1) is 27.7. The van der Waals surface area contributed by atoms with E-state index in [1.807, 2.05) is 57.2 Å². The van der Waals surface area contributed by atoms with Gasteiger partial charge in [0, 0.05) is 49.3 Å². The molecular formula is C29H27Cl3N4O2. The highest BCUT2D eigenvalue weighted by Gasteiger charge is 2.25. The van der Waals surface area contributed by atoms with Crippen LogP contribution in [0.4, 0.5) is 0 Å². The lowest BCUT2D eigenvalue weighted by atomic mass is 10.0. The molecule has 0 bridgehead atoms. The van der Waals surface area contributed by atoms with Crippen LogP contribution in [0.15, 0.2) is 71.8 Å². The van der Waals surface area contributed by atoms with Gasteiger partial charge in [0.2, 0.25) is 0 Å². The fourth-order valence-corrected chi connectivity index (χ4v) is 4.92. The predicted octanol–water partition coefficient (Wildman–Crippen LogP) is 6.86. The van der Waals surface area contributed by atoms with Gasteiger partial charge in [-0.05, 0) is 54.8 Å². The van der Waals surface area contributed by atoms with Gasteiger partial charge in [-0.25, -0.2) is 5.43 Å². The molecular weight excluding hydrogens is 543 g/mol. The number of hydrogen-bond acceptors (Lipinski definition) is 3. The summed E-state index contributed by atoms with van der Waals surface area (Å²) in [5.74, 6) is -0.966. The molecule has 0 fully saturated rings. The summed E-state index contributed by atoms with van der Waals surface area (Å²) in [5, 5.41) is 9.64. The number of aromatic nitrogens is 1. The second kappa shape index (κ2) is 12.0. The number of rotatable bonds is 8. The molecule has 6 nitrogen and oxygen atoms in total. The third-order valence-electron chi connectivity index (χ3n) is 6.31. The zero-order chi connectivity index (χ0) is 27.4. The van der Waals surface area contributed by atoms with E-state index in [0.717, 1.165) is 27.7 Å². The van der Waals surface area contributed by atoms with Gasteiger partial charge < -0.3 is 9.88 Å². The molecule has 0 aliphatic rings. The number of para-hydroxylation sites is 1. The highest BCUT2D eigenvalue weighted by molar-refractivity contribution is 6.35. The molecule has 0 aliphatic carbocycles. The van der Waals surface area contributed by atoms with Crippen LogP contribution in [-0.2, 0) is 11.3 Å². The van der Waals surface area contributed by atoms with Gasteiger partial charge in [0.25, 0.3) is 11.8 Å². The van der Waals surface area contributed by atoms with E-state index in [-0.39, 0.29) is 11.8 Å². The monoisotopic (exact) mass is 568 g/mol. The van der Waals surface area contributed by atoms with E-state index in [2.05, 4.69) is 20.4 Å². The van der Waals surface area contributed by atoms with Crippen LogP contribution < -0.4 is 10.7 Å². The Balaban J connectivity index is 1.54. The molecule has 2 N–H and O–H groups in total. The number of nitrogens with zero attached hydrogens (tertiary/aromatic N) is 2. The summed E-state index contributed by atoms with van der Waals surface area (Å²) in [6.45, 7) is 6.25. The molecule has 4 rings (SSSR count). The second-order valence-corrected chi connectivity index (χ2v) is 10.6. The number of hydrogen-bond donors (Lipinski definition) is 2. The Morgan fingerprint density at radius 2 is 1.71 bits per heavy atom. The zero-order valence-electron chi connectivity index (χ0n) is 21.1. The molecule has 196 valence electrons. The number of carbonyl (C=O) groups excluding carboxylic acids is 2. The number of hydrazone groups is 1. The molecule has 38 heavy (non-hydrogen) atoms. The van der Waals surface area contributed by atoms with Crippen LogP contribution in [-0.4, -0.2) is 28.6 Å². The van der Waals surface area contributed by atoms with Crippen molar-refractivity contribution >= 4 is 63.7 Å². The molecule has 0 spiro atoms. The van der Waals surface area contributed by atoms with Crippen molar-refractivity contribution in [3.63, 3.8) is 0 Å². The van der Waals surface area contributed by atoms with Crippen molar-refractivity contribution in [3.8, 4) is 0 Å². The van der Waals surface area contributed by atoms with E-state index >= 15 is 0 Å². The molecule has 1 aromatic heterocycles. The lowest BCUT2D eigenvalue weighted by Crippen LogP contribution is -2.48. The highest BCUT2D eigenvalue weighted by Crippen LogP contribution is 2.28. The lowest BCUT2D eigenvalue weighted by molar-refractivity contribution is -0.123. The molecule has 0 saturated heterocycles. The smallest absolute Gasteiger partial charge is 0.262 e. The maximum atomic E-state index is 13.0. The van der Waals surface area contributed by atoms with Crippen LogP contribution in [0.25, 0.3) is 10.9 Å². The van der Waals surface area contributed by atoms with E-state index in [0.29, 0.717) is 27.2 Å².